The zero-order chi connectivity index (χ0) is 29.6. The van der Waals surface area contributed by atoms with Gasteiger partial charge >= 0.3 is 0 Å². The number of aryl methyl sites for hydroxylation is 3. The SMILES string of the molecule is NC(=O)c1ccccc1CCn1nnnc1[C@@H](Cc1ccc2ccccc2c1)NC(=O)CCc1ccc2ccccc2c1. The van der Waals surface area contributed by atoms with Gasteiger partial charge in [-0.25, -0.2) is 4.68 Å². The Balaban J connectivity index is 1.22. The molecule has 6 rings (SSSR count). The lowest BCUT2D eigenvalue weighted by molar-refractivity contribution is -0.121. The van der Waals surface area contributed by atoms with Gasteiger partial charge in [0, 0.05) is 24.9 Å². The van der Waals surface area contributed by atoms with Crippen molar-refractivity contribution < 1.29 is 9.59 Å². The maximum absolute atomic E-state index is 13.4. The van der Waals surface area contributed by atoms with Crippen molar-refractivity contribution in [1.29, 1.82) is 0 Å². The fraction of sp³-hybridized carbons (Fsp3) is 0.171. The second-order valence-corrected chi connectivity index (χ2v) is 10.7. The Morgan fingerprint density at radius 2 is 1.37 bits per heavy atom. The molecule has 0 saturated carbocycles. The number of amides is 2. The zero-order valence-corrected chi connectivity index (χ0v) is 23.7. The highest BCUT2D eigenvalue weighted by atomic mass is 16.2. The molecule has 8 nitrogen and oxygen atoms in total. The molecule has 0 fully saturated rings. The van der Waals surface area contributed by atoms with Crippen LogP contribution in [0.3, 0.4) is 0 Å². The predicted octanol–water partition coefficient (Wildman–Crippen LogP) is 5.35. The highest BCUT2D eigenvalue weighted by Gasteiger charge is 2.23. The number of carbonyl (C=O) groups excluding carboxylic acids is 2. The first-order valence-electron chi connectivity index (χ1n) is 14.4. The van der Waals surface area contributed by atoms with Crippen molar-refractivity contribution in [1.82, 2.24) is 25.5 Å². The summed E-state index contributed by atoms with van der Waals surface area (Å²) in [5, 5.41) is 20.4. The van der Waals surface area contributed by atoms with Crippen LogP contribution in [0.15, 0.2) is 109 Å². The lowest BCUT2D eigenvalue weighted by atomic mass is 10.0. The smallest absolute Gasteiger partial charge is 0.248 e. The average molecular weight is 569 g/mol. The van der Waals surface area contributed by atoms with Crippen molar-refractivity contribution in [2.45, 2.75) is 38.3 Å². The number of fused-ring (bicyclic) bond motifs is 2. The van der Waals surface area contributed by atoms with Crippen LogP contribution in [0.5, 0.6) is 0 Å². The molecule has 0 aliphatic rings. The minimum atomic E-state index is -0.472. The zero-order valence-electron chi connectivity index (χ0n) is 23.7. The van der Waals surface area contributed by atoms with Gasteiger partial charge in [0.25, 0.3) is 0 Å². The Labute approximate surface area is 249 Å². The van der Waals surface area contributed by atoms with E-state index in [2.05, 4.69) is 81.5 Å². The van der Waals surface area contributed by atoms with Crippen LogP contribution in [-0.2, 0) is 30.6 Å². The summed E-state index contributed by atoms with van der Waals surface area (Å²) in [6.45, 7) is 0.424. The molecule has 1 atom stereocenters. The molecule has 0 unspecified atom stereocenters. The number of primary amides is 1. The lowest BCUT2D eigenvalue weighted by Gasteiger charge is -2.19. The molecule has 1 aromatic heterocycles. The Morgan fingerprint density at radius 1 is 0.744 bits per heavy atom. The van der Waals surface area contributed by atoms with Crippen LogP contribution in [0.2, 0.25) is 0 Å². The van der Waals surface area contributed by atoms with Crippen LogP contribution >= 0.6 is 0 Å². The maximum Gasteiger partial charge on any atom is 0.248 e. The third-order valence-corrected chi connectivity index (χ3v) is 7.79. The minimum absolute atomic E-state index is 0.0763. The second-order valence-electron chi connectivity index (χ2n) is 10.7. The van der Waals surface area contributed by atoms with Gasteiger partial charge in [0.2, 0.25) is 11.8 Å². The summed E-state index contributed by atoms with van der Waals surface area (Å²) in [6.07, 6.45) is 1.98. The molecule has 0 saturated heterocycles. The van der Waals surface area contributed by atoms with E-state index in [0.717, 1.165) is 32.8 Å². The van der Waals surface area contributed by atoms with E-state index in [0.29, 0.717) is 43.6 Å². The summed E-state index contributed by atoms with van der Waals surface area (Å²) in [4.78, 5) is 25.3. The van der Waals surface area contributed by atoms with Crippen LogP contribution in [0.1, 0.15) is 45.3 Å². The minimum Gasteiger partial charge on any atom is -0.366 e. The van der Waals surface area contributed by atoms with Crippen molar-refractivity contribution in [3.05, 3.63) is 137 Å². The van der Waals surface area contributed by atoms with E-state index >= 15 is 0 Å². The first kappa shape index (κ1) is 27.8. The van der Waals surface area contributed by atoms with Crippen LogP contribution in [0.4, 0.5) is 0 Å². The lowest BCUT2D eigenvalue weighted by Crippen LogP contribution is -2.32. The maximum atomic E-state index is 13.4. The number of aromatic nitrogens is 4. The molecule has 6 aromatic rings. The van der Waals surface area contributed by atoms with Gasteiger partial charge in [-0.05, 0) is 67.6 Å². The molecule has 0 aliphatic heterocycles. The van der Waals surface area contributed by atoms with Gasteiger partial charge in [0.1, 0.15) is 0 Å². The molecule has 0 radical (unpaired) electrons. The Bertz CT molecular complexity index is 1910. The summed E-state index contributed by atoms with van der Waals surface area (Å²) in [5.74, 6) is 0.0109. The number of hydrogen-bond donors (Lipinski definition) is 2. The molecule has 43 heavy (non-hydrogen) atoms. The molecule has 8 heteroatoms. The normalized spacial score (nSPS) is 11.9. The van der Waals surface area contributed by atoms with E-state index in [4.69, 9.17) is 5.73 Å². The van der Waals surface area contributed by atoms with Gasteiger partial charge in [-0.1, -0.05) is 103 Å². The van der Waals surface area contributed by atoms with Gasteiger partial charge < -0.3 is 11.1 Å². The Hall–Kier alpha value is -5.37. The highest BCUT2D eigenvalue weighted by Crippen LogP contribution is 2.22. The van der Waals surface area contributed by atoms with Crippen molar-refractivity contribution >= 4 is 33.4 Å². The fourth-order valence-electron chi connectivity index (χ4n) is 5.55. The van der Waals surface area contributed by atoms with Crippen LogP contribution < -0.4 is 11.1 Å². The third kappa shape index (κ3) is 6.59. The molecule has 2 amide bonds. The van der Waals surface area contributed by atoms with Gasteiger partial charge in [-0.3, -0.25) is 9.59 Å². The number of nitrogens with one attached hydrogen (secondary N) is 1. The largest absolute Gasteiger partial charge is 0.366 e. The van der Waals surface area contributed by atoms with E-state index < -0.39 is 11.9 Å². The Morgan fingerprint density at radius 3 is 2.09 bits per heavy atom. The van der Waals surface area contributed by atoms with E-state index in [-0.39, 0.29) is 5.91 Å². The van der Waals surface area contributed by atoms with Gasteiger partial charge in [0.05, 0.1) is 6.04 Å². The molecular weight excluding hydrogens is 536 g/mol. The van der Waals surface area contributed by atoms with Gasteiger partial charge in [-0.2, -0.15) is 0 Å². The summed E-state index contributed by atoms with van der Waals surface area (Å²) >= 11 is 0. The predicted molar refractivity (Wildman–Crippen MR) is 167 cm³/mol. The third-order valence-electron chi connectivity index (χ3n) is 7.79. The summed E-state index contributed by atoms with van der Waals surface area (Å²) in [7, 11) is 0. The van der Waals surface area contributed by atoms with Gasteiger partial charge in [-0.15, -0.1) is 5.10 Å². The summed E-state index contributed by atoms with van der Waals surface area (Å²) < 4.78 is 1.70. The molecular formula is C35H32N6O2. The van der Waals surface area contributed by atoms with Crippen LogP contribution in [0.25, 0.3) is 21.5 Å². The molecule has 214 valence electrons. The molecule has 0 bridgehead atoms. The van der Waals surface area contributed by atoms with Crippen molar-refractivity contribution in [3.8, 4) is 0 Å². The monoisotopic (exact) mass is 568 g/mol. The van der Waals surface area contributed by atoms with Crippen molar-refractivity contribution in [3.63, 3.8) is 0 Å². The van der Waals surface area contributed by atoms with E-state index in [1.807, 2.05) is 36.4 Å². The summed E-state index contributed by atoms with van der Waals surface area (Å²) in [5.41, 5.74) is 9.06. The number of nitrogens with zero attached hydrogens (tertiary/aromatic N) is 4. The number of rotatable bonds is 11. The molecule has 0 spiro atoms. The first-order chi connectivity index (χ1) is 21.0. The topological polar surface area (TPSA) is 116 Å². The van der Waals surface area contributed by atoms with E-state index in [9.17, 15) is 9.59 Å². The van der Waals surface area contributed by atoms with Crippen molar-refractivity contribution in [2.75, 3.05) is 0 Å². The molecule has 5 aromatic carbocycles. The standard InChI is InChI=1S/C35H32N6O2/c36-34(43)31-12-6-5-9-28(31)19-20-41-35(38-39-40-41)32(23-25-14-17-27-8-2-4-11-30(27)22-25)37-33(42)18-15-24-13-16-26-7-1-3-10-29(26)21-24/h1-14,16-17,21-22,32H,15,18-20,23H2,(H2,36,43)(H,37,42)/t32-/m1/s1. The second kappa shape index (κ2) is 12.7. The number of nitrogens with two attached hydrogens (primary N) is 1. The van der Waals surface area contributed by atoms with Gasteiger partial charge in [0.15, 0.2) is 5.82 Å². The number of benzene rings is 5. The quantitative estimate of drug-likeness (QED) is 0.219. The molecule has 1 heterocycles. The van der Waals surface area contributed by atoms with Crippen LogP contribution in [-0.4, -0.2) is 32.0 Å². The highest BCUT2D eigenvalue weighted by molar-refractivity contribution is 5.94. The van der Waals surface area contributed by atoms with E-state index in [1.54, 1.807) is 16.8 Å². The van der Waals surface area contributed by atoms with Crippen LogP contribution in [0, 0.1) is 0 Å². The number of tetrazole rings is 1. The fourth-order valence-corrected chi connectivity index (χ4v) is 5.55. The molecule has 0 aliphatic carbocycles. The first-order valence-corrected chi connectivity index (χ1v) is 14.4. The van der Waals surface area contributed by atoms with Crippen molar-refractivity contribution in [2.24, 2.45) is 5.73 Å². The van der Waals surface area contributed by atoms with E-state index in [1.165, 1.54) is 5.39 Å². The number of hydrogen-bond acceptors (Lipinski definition) is 5. The Kier molecular flexibility index (Phi) is 8.17. The molecule has 3 N–H and O–H groups in total. The number of carbonyl (C=O) groups is 2. The average Bonchev–Trinajstić information content (AvgIpc) is 3.51. The summed E-state index contributed by atoms with van der Waals surface area (Å²) in [6, 6.07) is 35.8.